The Morgan fingerprint density at radius 2 is 2.08 bits per heavy atom. The molecule has 0 fully saturated rings. The van der Waals surface area contributed by atoms with Crippen molar-refractivity contribution < 1.29 is 9.53 Å². The Balaban J connectivity index is 1.57. The fraction of sp³-hybridized carbons (Fsp3) is 0.118. The van der Waals surface area contributed by atoms with E-state index in [1.165, 1.54) is 11.3 Å². The summed E-state index contributed by atoms with van der Waals surface area (Å²) >= 11 is 1.37. The first-order chi connectivity index (χ1) is 11.7. The molecule has 0 saturated carbocycles. The molecule has 2 aromatic heterocycles. The largest absolute Gasteiger partial charge is 0.497 e. The predicted molar refractivity (Wildman–Crippen MR) is 93.8 cm³/mol. The number of pyridine rings is 1. The van der Waals surface area contributed by atoms with Gasteiger partial charge in [0.05, 0.1) is 19.0 Å². The maximum atomic E-state index is 12.2. The van der Waals surface area contributed by atoms with Gasteiger partial charge in [-0.1, -0.05) is 12.1 Å². The molecule has 0 aliphatic heterocycles. The average molecular weight is 340 g/mol. The van der Waals surface area contributed by atoms with Crippen LogP contribution < -0.4 is 15.4 Å². The van der Waals surface area contributed by atoms with Gasteiger partial charge in [-0.15, -0.1) is 11.3 Å². The first-order valence-electron chi connectivity index (χ1n) is 7.28. The smallest absolute Gasteiger partial charge is 0.271 e. The van der Waals surface area contributed by atoms with Gasteiger partial charge in [0.1, 0.15) is 11.4 Å². The molecule has 1 amide bonds. The van der Waals surface area contributed by atoms with Gasteiger partial charge in [-0.3, -0.25) is 9.78 Å². The summed E-state index contributed by atoms with van der Waals surface area (Å²) in [6, 6.07) is 11.3. The SMILES string of the molecule is COc1ccc(CNC(=O)c2csc(Nc3cccnc3)n2)cc1. The molecule has 0 aliphatic carbocycles. The second-order valence-electron chi connectivity index (χ2n) is 4.94. The molecule has 2 heterocycles. The topological polar surface area (TPSA) is 76.1 Å². The molecule has 0 bridgehead atoms. The molecule has 3 aromatic rings. The summed E-state index contributed by atoms with van der Waals surface area (Å²) in [5, 5.41) is 8.35. The van der Waals surface area contributed by atoms with Gasteiger partial charge >= 0.3 is 0 Å². The van der Waals surface area contributed by atoms with E-state index in [0.717, 1.165) is 17.0 Å². The fourth-order valence-corrected chi connectivity index (χ4v) is 2.72. The van der Waals surface area contributed by atoms with Crippen LogP contribution in [0.4, 0.5) is 10.8 Å². The third kappa shape index (κ3) is 4.08. The Bertz CT molecular complexity index is 803. The van der Waals surface area contributed by atoms with Crippen LogP contribution in [0.2, 0.25) is 0 Å². The van der Waals surface area contributed by atoms with Gasteiger partial charge in [-0.2, -0.15) is 0 Å². The van der Waals surface area contributed by atoms with Crippen LogP contribution in [0.25, 0.3) is 0 Å². The van der Waals surface area contributed by atoms with E-state index in [0.29, 0.717) is 17.4 Å². The molecular formula is C17H16N4O2S. The summed E-state index contributed by atoms with van der Waals surface area (Å²) in [6.45, 7) is 0.436. The maximum absolute atomic E-state index is 12.2. The maximum Gasteiger partial charge on any atom is 0.271 e. The second kappa shape index (κ2) is 7.56. The third-order valence-corrected chi connectivity index (χ3v) is 4.02. The number of nitrogens with one attached hydrogen (secondary N) is 2. The fourth-order valence-electron chi connectivity index (χ4n) is 2.01. The zero-order valence-corrected chi connectivity index (χ0v) is 13.8. The van der Waals surface area contributed by atoms with E-state index >= 15 is 0 Å². The van der Waals surface area contributed by atoms with Crippen LogP contribution in [0.15, 0.2) is 54.2 Å². The molecule has 1 aromatic carbocycles. The molecule has 3 rings (SSSR count). The molecule has 0 radical (unpaired) electrons. The first kappa shape index (κ1) is 15.9. The summed E-state index contributed by atoms with van der Waals surface area (Å²) in [4.78, 5) is 20.5. The number of benzene rings is 1. The van der Waals surface area contributed by atoms with Gasteiger partial charge in [0, 0.05) is 18.1 Å². The first-order valence-corrected chi connectivity index (χ1v) is 8.16. The lowest BCUT2D eigenvalue weighted by molar-refractivity contribution is 0.0946. The van der Waals surface area contributed by atoms with E-state index in [4.69, 9.17) is 4.74 Å². The molecule has 24 heavy (non-hydrogen) atoms. The number of methoxy groups -OCH3 is 1. The monoisotopic (exact) mass is 340 g/mol. The lowest BCUT2D eigenvalue weighted by Crippen LogP contribution is -2.23. The predicted octanol–water partition coefficient (Wildman–Crippen LogP) is 3.22. The number of carbonyl (C=O) groups excluding carboxylic acids is 1. The minimum atomic E-state index is -0.207. The van der Waals surface area contributed by atoms with Crippen LogP contribution in [0, 0.1) is 0 Å². The number of hydrogen-bond acceptors (Lipinski definition) is 6. The Morgan fingerprint density at radius 1 is 1.25 bits per heavy atom. The normalized spacial score (nSPS) is 10.2. The minimum Gasteiger partial charge on any atom is -0.497 e. The van der Waals surface area contributed by atoms with Crippen molar-refractivity contribution in [2.24, 2.45) is 0 Å². The number of amides is 1. The molecule has 0 unspecified atom stereocenters. The summed E-state index contributed by atoms with van der Waals surface area (Å²) in [6.07, 6.45) is 3.40. The number of aromatic nitrogens is 2. The lowest BCUT2D eigenvalue weighted by Gasteiger charge is -2.05. The lowest BCUT2D eigenvalue weighted by atomic mass is 10.2. The molecule has 6 nitrogen and oxygen atoms in total. The highest BCUT2D eigenvalue weighted by Crippen LogP contribution is 2.20. The molecule has 122 valence electrons. The van der Waals surface area contributed by atoms with E-state index in [9.17, 15) is 4.79 Å². The molecule has 0 spiro atoms. The van der Waals surface area contributed by atoms with Gasteiger partial charge in [0.25, 0.3) is 5.91 Å². The standard InChI is InChI=1S/C17H16N4O2S/c1-23-14-6-4-12(5-7-14)9-19-16(22)15-11-24-17(21-15)20-13-3-2-8-18-10-13/h2-8,10-11H,9H2,1H3,(H,19,22)(H,20,21). The van der Waals surface area contributed by atoms with Crippen molar-refractivity contribution in [2.75, 3.05) is 12.4 Å². The highest BCUT2D eigenvalue weighted by molar-refractivity contribution is 7.14. The Morgan fingerprint density at radius 3 is 2.79 bits per heavy atom. The molecular weight excluding hydrogens is 324 g/mol. The van der Waals surface area contributed by atoms with Crippen molar-refractivity contribution in [3.63, 3.8) is 0 Å². The number of hydrogen-bond donors (Lipinski definition) is 2. The highest BCUT2D eigenvalue weighted by Gasteiger charge is 2.10. The van der Waals surface area contributed by atoms with E-state index in [-0.39, 0.29) is 5.91 Å². The highest BCUT2D eigenvalue weighted by atomic mass is 32.1. The average Bonchev–Trinajstić information content (AvgIpc) is 3.09. The molecule has 0 aliphatic rings. The molecule has 2 N–H and O–H groups in total. The zero-order valence-electron chi connectivity index (χ0n) is 13.0. The Hall–Kier alpha value is -2.93. The number of carbonyl (C=O) groups is 1. The van der Waals surface area contributed by atoms with E-state index in [2.05, 4.69) is 20.6 Å². The van der Waals surface area contributed by atoms with Crippen molar-refractivity contribution in [1.82, 2.24) is 15.3 Å². The molecule has 0 atom stereocenters. The number of anilines is 2. The summed E-state index contributed by atoms with van der Waals surface area (Å²) in [7, 11) is 1.62. The van der Waals surface area contributed by atoms with Crippen LogP contribution in [0.3, 0.4) is 0 Å². The van der Waals surface area contributed by atoms with Crippen molar-refractivity contribution in [2.45, 2.75) is 6.54 Å². The number of rotatable bonds is 6. The quantitative estimate of drug-likeness (QED) is 0.720. The number of nitrogens with zero attached hydrogens (tertiary/aromatic N) is 2. The van der Waals surface area contributed by atoms with Crippen molar-refractivity contribution in [3.8, 4) is 5.75 Å². The van der Waals surface area contributed by atoms with Crippen LogP contribution in [-0.4, -0.2) is 23.0 Å². The van der Waals surface area contributed by atoms with E-state index in [1.807, 2.05) is 36.4 Å². The summed E-state index contributed by atoms with van der Waals surface area (Å²) < 4.78 is 5.11. The van der Waals surface area contributed by atoms with Crippen molar-refractivity contribution in [3.05, 3.63) is 65.4 Å². The molecule has 0 saturated heterocycles. The van der Waals surface area contributed by atoms with Gasteiger partial charge in [0.2, 0.25) is 0 Å². The molecule has 7 heteroatoms. The summed E-state index contributed by atoms with van der Waals surface area (Å²) in [5.74, 6) is 0.581. The van der Waals surface area contributed by atoms with Gasteiger partial charge in [0.15, 0.2) is 5.13 Å². The van der Waals surface area contributed by atoms with Crippen LogP contribution >= 0.6 is 11.3 Å². The van der Waals surface area contributed by atoms with Crippen molar-refractivity contribution in [1.29, 1.82) is 0 Å². The second-order valence-corrected chi connectivity index (χ2v) is 5.79. The van der Waals surface area contributed by atoms with Crippen LogP contribution in [0.1, 0.15) is 16.1 Å². The van der Waals surface area contributed by atoms with Crippen LogP contribution in [0.5, 0.6) is 5.75 Å². The third-order valence-electron chi connectivity index (χ3n) is 3.26. The van der Waals surface area contributed by atoms with Crippen molar-refractivity contribution >= 4 is 28.1 Å². The number of ether oxygens (including phenoxy) is 1. The van der Waals surface area contributed by atoms with Crippen LogP contribution in [-0.2, 0) is 6.54 Å². The Labute approximate surface area is 143 Å². The van der Waals surface area contributed by atoms with Gasteiger partial charge in [-0.25, -0.2) is 4.98 Å². The van der Waals surface area contributed by atoms with Gasteiger partial charge in [-0.05, 0) is 29.8 Å². The van der Waals surface area contributed by atoms with E-state index < -0.39 is 0 Å². The minimum absolute atomic E-state index is 0.207. The zero-order chi connectivity index (χ0) is 16.8. The Kier molecular flexibility index (Phi) is 5.02. The number of thiazole rings is 1. The summed E-state index contributed by atoms with van der Waals surface area (Å²) in [5.41, 5.74) is 2.21. The van der Waals surface area contributed by atoms with Gasteiger partial charge < -0.3 is 15.4 Å². The van der Waals surface area contributed by atoms with E-state index in [1.54, 1.807) is 24.9 Å².